The first kappa shape index (κ1) is 12.4. The van der Waals surface area contributed by atoms with Crippen molar-refractivity contribution in [1.82, 2.24) is 4.90 Å². The Kier molecular flexibility index (Phi) is 4.65. The molecule has 0 radical (unpaired) electrons. The van der Waals surface area contributed by atoms with Crippen molar-refractivity contribution in [3.63, 3.8) is 0 Å². The molecule has 1 aliphatic heterocycles. The van der Waals surface area contributed by atoms with Crippen molar-refractivity contribution in [2.24, 2.45) is 0 Å². The number of likely N-dealkylation sites (tertiary alicyclic amines) is 1. The smallest absolute Gasteiger partial charge is 0.146 e. The van der Waals surface area contributed by atoms with Crippen molar-refractivity contribution in [3.05, 3.63) is 0 Å². The van der Waals surface area contributed by atoms with Crippen LogP contribution in [0.2, 0.25) is 0 Å². The molecule has 16 heavy (non-hydrogen) atoms. The first-order chi connectivity index (χ1) is 7.77. The second-order valence-corrected chi connectivity index (χ2v) is 6.47. The summed E-state index contributed by atoms with van der Waals surface area (Å²) in [4.78, 5) is 14.0. The monoisotopic (exact) mass is 257 g/mol. The van der Waals surface area contributed by atoms with Gasteiger partial charge in [-0.3, -0.25) is 4.79 Å². The van der Waals surface area contributed by atoms with E-state index in [0.29, 0.717) is 5.78 Å². The third-order valence-corrected chi connectivity index (χ3v) is 5.15. The Hall–Kier alpha value is -0.0900. The molecule has 1 saturated carbocycles. The molecule has 0 amide bonds. The van der Waals surface area contributed by atoms with Gasteiger partial charge < -0.3 is 4.90 Å². The number of piperidine rings is 1. The van der Waals surface area contributed by atoms with Crippen molar-refractivity contribution in [1.29, 1.82) is 0 Å². The van der Waals surface area contributed by atoms with Crippen LogP contribution in [0.1, 0.15) is 44.9 Å². The Morgan fingerprint density at radius 2 is 1.94 bits per heavy atom. The molecule has 0 aromatic heterocycles. The maximum Gasteiger partial charge on any atom is 0.146 e. The van der Waals surface area contributed by atoms with Gasteiger partial charge in [-0.1, -0.05) is 30.4 Å². The standard InChI is InChI=1S/C12H19NOS2/c14-10-6-2-3-7-11(10)16-12(15)13-8-4-1-5-9-13/h11H,1-9H2. The lowest BCUT2D eigenvalue weighted by molar-refractivity contribution is -0.119. The molecule has 1 aliphatic carbocycles. The maximum absolute atomic E-state index is 11.7. The quantitative estimate of drug-likeness (QED) is 0.673. The molecule has 2 rings (SSSR count). The van der Waals surface area contributed by atoms with Crippen LogP contribution >= 0.6 is 24.0 Å². The number of thiocarbonyl (C=S) groups is 1. The molecule has 1 unspecified atom stereocenters. The van der Waals surface area contributed by atoms with Gasteiger partial charge in [0.2, 0.25) is 0 Å². The van der Waals surface area contributed by atoms with Gasteiger partial charge in [0.1, 0.15) is 10.1 Å². The van der Waals surface area contributed by atoms with Gasteiger partial charge in [0, 0.05) is 19.5 Å². The Labute approximate surface area is 107 Å². The summed E-state index contributed by atoms with van der Waals surface area (Å²) in [5.41, 5.74) is 0. The predicted molar refractivity (Wildman–Crippen MR) is 72.9 cm³/mol. The zero-order valence-corrected chi connectivity index (χ0v) is 11.2. The number of carbonyl (C=O) groups excluding carboxylic acids is 1. The van der Waals surface area contributed by atoms with Gasteiger partial charge in [0.25, 0.3) is 0 Å². The molecule has 0 spiro atoms. The van der Waals surface area contributed by atoms with E-state index in [0.717, 1.165) is 36.7 Å². The van der Waals surface area contributed by atoms with Crippen molar-refractivity contribution in [3.8, 4) is 0 Å². The Bertz CT molecular complexity index is 274. The Balaban J connectivity index is 1.83. The van der Waals surface area contributed by atoms with Gasteiger partial charge in [0.15, 0.2) is 0 Å². The minimum Gasteiger partial charge on any atom is -0.358 e. The van der Waals surface area contributed by atoms with Crippen LogP contribution in [-0.4, -0.2) is 33.3 Å². The van der Waals surface area contributed by atoms with Gasteiger partial charge in [0.05, 0.1) is 5.25 Å². The van der Waals surface area contributed by atoms with E-state index in [1.54, 1.807) is 11.8 Å². The highest BCUT2D eigenvalue weighted by Crippen LogP contribution is 2.28. The summed E-state index contributed by atoms with van der Waals surface area (Å²) in [5, 5.41) is 0.156. The molecular weight excluding hydrogens is 238 g/mol. The number of ketones is 1. The van der Waals surface area contributed by atoms with Crippen LogP contribution in [0.4, 0.5) is 0 Å². The van der Waals surface area contributed by atoms with Crippen LogP contribution in [0.3, 0.4) is 0 Å². The summed E-state index contributed by atoms with van der Waals surface area (Å²) in [7, 11) is 0. The van der Waals surface area contributed by atoms with Gasteiger partial charge in [-0.05, 0) is 32.1 Å². The molecular formula is C12H19NOS2. The summed E-state index contributed by atoms with van der Waals surface area (Å²) in [6.45, 7) is 2.18. The Morgan fingerprint density at radius 1 is 1.19 bits per heavy atom. The molecule has 4 heteroatoms. The highest BCUT2D eigenvalue weighted by molar-refractivity contribution is 8.23. The molecule has 2 fully saturated rings. The van der Waals surface area contributed by atoms with Gasteiger partial charge in [-0.25, -0.2) is 0 Å². The lowest BCUT2D eigenvalue weighted by atomic mass is 9.99. The largest absolute Gasteiger partial charge is 0.358 e. The number of nitrogens with zero attached hydrogens (tertiary/aromatic N) is 1. The van der Waals surface area contributed by atoms with Crippen LogP contribution in [0.5, 0.6) is 0 Å². The van der Waals surface area contributed by atoms with E-state index in [9.17, 15) is 4.79 Å². The fourth-order valence-corrected chi connectivity index (χ4v) is 3.99. The number of hydrogen-bond acceptors (Lipinski definition) is 3. The second kappa shape index (κ2) is 6.01. The van der Waals surface area contributed by atoms with Crippen LogP contribution in [-0.2, 0) is 4.79 Å². The van der Waals surface area contributed by atoms with E-state index in [1.165, 1.54) is 25.7 Å². The van der Waals surface area contributed by atoms with E-state index >= 15 is 0 Å². The third kappa shape index (κ3) is 3.20. The van der Waals surface area contributed by atoms with Crippen LogP contribution in [0.25, 0.3) is 0 Å². The molecule has 1 saturated heterocycles. The fraction of sp³-hybridized carbons (Fsp3) is 0.833. The zero-order chi connectivity index (χ0) is 11.4. The van der Waals surface area contributed by atoms with Gasteiger partial charge in [-0.2, -0.15) is 0 Å². The number of rotatable bonds is 1. The van der Waals surface area contributed by atoms with Crippen LogP contribution in [0.15, 0.2) is 0 Å². The number of carbonyl (C=O) groups is 1. The van der Waals surface area contributed by atoms with Gasteiger partial charge in [-0.15, -0.1) is 0 Å². The van der Waals surface area contributed by atoms with Gasteiger partial charge >= 0.3 is 0 Å². The molecule has 1 atom stereocenters. The lowest BCUT2D eigenvalue weighted by Crippen LogP contribution is -2.35. The number of thioether (sulfide) groups is 1. The summed E-state index contributed by atoms with van der Waals surface area (Å²) >= 11 is 7.09. The first-order valence-electron chi connectivity index (χ1n) is 6.25. The molecule has 0 N–H and O–H groups in total. The van der Waals surface area contributed by atoms with E-state index in [-0.39, 0.29) is 5.25 Å². The zero-order valence-electron chi connectivity index (χ0n) is 9.61. The first-order valence-corrected chi connectivity index (χ1v) is 7.54. The summed E-state index contributed by atoms with van der Waals surface area (Å²) in [6, 6.07) is 0. The summed E-state index contributed by atoms with van der Waals surface area (Å²) in [5.74, 6) is 0.413. The lowest BCUT2D eigenvalue weighted by Gasteiger charge is -2.30. The van der Waals surface area contributed by atoms with E-state index in [2.05, 4.69) is 4.90 Å². The molecule has 1 heterocycles. The van der Waals surface area contributed by atoms with Crippen LogP contribution in [0, 0.1) is 0 Å². The van der Waals surface area contributed by atoms with Crippen LogP contribution < -0.4 is 0 Å². The molecule has 0 bridgehead atoms. The fourth-order valence-electron chi connectivity index (χ4n) is 2.35. The summed E-state index contributed by atoms with van der Waals surface area (Å²) < 4.78 is 0.958. The van der Waals surface area contributed by atoms with E-state index in [1.807, 2.05) is 0 Å². The minimum absolute atomic E-state index is 0.156. The molecule has 2 aliphatic rings. The molecule has 2 nitrogen and oxygen atoms in total. The highest BCUT2D eigenvalue weighted by atomic mass is 32.2. The topological polar surface area (TPSA) is 20.3 Å². The highest BCUT2D eigenvalue weighted by Gasteiger charge is 2.26. The molecule has 0 aromatic rings. The number of hydrogen-bond donors (Lipinski definition) is 0. The van der Waals surface area contributed by atoms with Crippen molar-refractivity contribution < 1.29 is 4.79 Å². The predicted octanol–water partition coefficient (Wildman–Crippen LogP) is 3.00. The van der Waals surface area contributed by atoms with Crippen molar-refractivity contribution in [2.75, 3.05) is 13.1 Å². The maximum atomic E-state index is 11.7. The normalized spacial score (nSPS) is 26.9. The van der Waals surface area contributed by atoms with Crippen molar-refractivity contribution in [2.45, 2.75) is 50.2 Å². The Morgan fingerprint density at radius 3 is 2.62 bits per heavy atom. The van der Waals surface area contributed by atoms with Crippen molar-refractivity contribution >= 4 is 34.1 Å². The van der Waals surface area contributed by atoms with E-state index < -0.39 is 0 Å². The summed E-state index contributed by atoms with van der Waals surface area (Å²) in [6.07, 6.45) is 7.88. The number of Topliss-reactive ketones (excluding diaryl/α,β-unsaturated/α-hetero) is 1. The average Bonchev–Trinajstić information content (AvgIpc) is 2.33. The third-order valence-electron chi connectivity index (χ3n) is 3.36. The molecule has 90 valence electrons. The molecule has 0 aromatic carbocycles. The average molecular weight is 257 g/mol. The second-order valence-electron chi connectivity index (χ2n) is 4.63. The van der Waals surface area contributed by atoms with E-state index in [4.69, 9.17) is 12.2 Å². The SMILES string of the molecule is O=C1CCCCC1SC(=S)N1CCCCC1. The minimum atomic E-state index is 0.156.